The van der Waals surface area contributed by atoms with Crippen LogP contribution in [-0.4, -0.2) is 18.8 Å². The third-order valence-corrected chi connectivity index (χ3v) is 3.11. The summed E-state index contributed by atoms with van der Waals surface area (Å²) in [5, 5.41) is 3.42. The van der Waals surface area contributed by atoms with Gasteiger partial charge in [0.25, 0.3) is 5.91 Å². The first-order valence-electron chi connectivity index (χ1n) is 6.02. The lowest BCUT2D eigenvalue weighted by atomic mass is 10.2. The fourth-order valence-electron chi connectivity index (χ4n) is 1.67. The van der Waals surface area contributed by atoms with Crippen molar-refractivity contribution < 1.29 is 14.3 Å². The molecule has 2 aromatic rings. The monoisotopic (exact) mass is 323 g/mol. The molecule has 0 unspecified atom stereocenters. The molecular weight excluding hydrogens is 313 g/mol. The minimum absolute atomic E-state index is 0.190. The van der Waals surface area contributed by atoms with Crippen LogP contribution in [-0.2, 0) is 4.79 Å². The molecule has 0 aliphatic rings. The molecule has 0 fully saturated rings. The number of halogens is 2. The molecule has 0 aromatic heterocycles. The predicted octanol–water partition coefficient (Wildman–Crippen LogP) is 3.82. The van der Waals surface area contributed by atoms with Gasteiger partial charge in [-0.25, -0.2) is 0 Å². The van der Waals surface area contributed by atoms with Gasteiger partial charge in [-0.3, -0.25) is 9.59 Å². The van der Waals surface area contributed by atoms with Gasteiger partial charge in [0, 0.05) is 10.7 Å². The number of hydrogen-bond donors (Lipinski definition) is 1. The highest BCUT2D eigenvalue weighted by Gasteiger charge is 2.10. The minimum Gasteiger partial charge on any atom is -0.481 e. The third kappa shape index (κ3) is 4.21. The van der Waals surface area contributed by atoms with Crippen LogP contribution in [0.2, 0.25) is 10.0 Å². The first-order valence-corrected chi connectivity index (χ1v) is 6.77. The molecule has 0 heterocycles. The van der Waals surface area contributed by atoms with E-state index in [1.54, 1.807) is 42.5 Å². The van der Waals surface area contributed by atoms with Gasteiger partial charge in [0.1, 0.15) is 5.75 Å². The lowest BCUT2D eigenvalue weighted by Gasteiger charge is -2.10. The first kappa shape index (κ1) is 15.4. The number of hydrogen-bond acceptors (Lipinski definition) is 3. The molecule has 108 valence electrons. The van der Waals surface area contributed by atoms with Crippen molar-refractivity contribution >= 4 is 41.1 Å². The molecule has 0 atom stereocenters. The number of nitrogens with one attached hydrogen (secondary N) is 1. The van der Waals surface area contributed by atoms with E-state index in [-0.39, 0.29) is 28.8 Å². The van der Waals surface area contributed by atoms with Crippen molar-refractivity contribution in [2.45, 2.75) is 0 Å². The number of para-hydroxylation sites is 1. The second-order valence-electron chi connectivity index (χ2n) is 4.12. The molecule has 2 rings (SSSR count). The molecule has 0 spiro atoms. The summed E-state index contributed by atoms with van der Waals surface area (Å²) in [7, 11) is 0. The summed E-state index contributed by atoms with van der Waals surface area (Å²) < 4.78 is 5.31. The molecule has 21 heavy (non-hydrogen) atoms. The van der Waals surface area contributed by atoms with Gasteiger partial charge in [-0.05, 0) is 30.3 Å². The number of ether oxygens (including phenoxy) is 1. The van der Waals surface area contributed by atoms with Crippen LogP contribution in [0, 0.1) is 0 Å². The smallest absolute Gasteiger partial charge is 0.262 e. The molecule has 0 radical (unpaired) electrons. The summed E-state index contributed by atoms with van der Waals surface area (Å²) >= 11 is 11.8. The van der Waals surface area contributed by atoms with Crippen molar-refractivity contribution in [3.63, 3.8) is 0 Å². The number of carbonyl (C=O) groups excluding carboxylic acids is 2. The Bertz CT molecular complexity index is 674. The number of aldehydes is 1. The third-order valence-electron chi connectivity index (χ3n) is 2.58. The van der Waals surface area contributed by atoms with Crippen LogP contribution in [0.25, 0.3) is 0 Å². The van der Waals surface area contributed by atoms with Gasteiger partial charge in [0.05, 0.1) is 10.6 Å². The van der Waals surface area contributed by atoms with Crippen LogP contribution in [0.1, 0.15) is 10.4 Å². The summed E-state index contributed by atoms with van der Waals surface area (Å²) in [6, 6.07) is 11.5. The number of rotatable bonds is 5. The predicted molar refractivity (Wildman–Crippen MR) is 82.4 cm³/mol. The molecule has 0 saturated heterocycles. The molecule has 4 nitrogen and oxygen atoms in total. The summed E-state index contributed by atoms with van der Waals surface area (Å²) in [6.07, 6.45) is 0.621. The Hall–Kier alpha value is -2.04. The maximum Gasteiger partial charge on any atom is 0.262 e. The van der Waals surface area contributed by atoms with Crippen LogP contribution in [0.5, 0.6) is 5.75 Å². The summed E-state index contributed by atoms with van der Waals surface area (Å²) in [5.41, 5.74) is 0.851. The fraction of sp³-hybridized carbons (Fsp3) is 0.0667. The zero-order valence-corrected chi connectivity index (χ0v) is 12.3. The molecule has 0 saturated carbocycles. The molecule has 1 amide bonds. The second kappa shape index (κ2) is 7.11. The van der Waals surface area contributed by atoms with Crippen molar-refractivity contribution in [3.05, 3.63) is 58.1 Å². The van der Waals surface area contributed by atoms with E-state index < -0.39 is 0 Å². The van der Waals surface area contributed by atoms with E-state index in [2.05, 4.69) is 5.32 Å². The van der Waals surface area contributed by atoms with Crippen LogP contribution in [0.4, 0.5) is 5.69 Å². The number of anilines is 1. The zero-order chi connectivity index (χ0) is 15.2. The molecule has 1 N–H and O–H groups in total. The molecule has 6 heteroatoms. The quantitative estimate of drug-likeness (QED) is 0.851. The van der Waals surface area contributed by atoms with E-state index in [9.17, 15) is 9.59 Å². The average Bonchev–Trinajstić information content (AvgIpc) is 2.45. The van der Waals surface area contributed by atoms with E-state index in [0.29, 0.717) is 17.0 Å². The Balaban J connectivity index is 2.00. The van der Waals surface area contributed by atoms with Crippen LogP contribution in [0.15, 0.2) is 42.5 Å². The van der Waals surface area contributed by atoms with Crippen molar-refractivity contribution in [3.8, 4) is 5.75 Å². The van der Waals surface area contributed by atoms with Gasteiger partial charge in [0.2, 0.25) is 0 Å². The topological polar surface area (TPSA) is 55.4 Å². The van der Waals surface area contributed by atoms with Crippen LogP contribution >= 0.6 is 23.2 Å². The van der Waals surface area contributed by atoms with Gasteiger partial charge < -0.3 is 10.1 Å². The highest BCUT2D eigenvalue weighted by atomic mass is 35.5. The van der Waals surface area contributed by atoms with Gasteiger partial charge in [-0.15, -0.1) is 0 Å². The summed E-state index contributed by atoms with van der Waals surface area (Å²) in [4.78, 5) is 22.7. The number of carbonyl (C=O) groups is 2. The Morgan fingerprint density at radius 2 is 1.95 bits per heavy atom. The lowest BCUT2D eigenvalue weighted by molar-refractivity contribution is -0.118. The van der Waals surface area contributed by atoms with Gasteiger partial charge in [-0.1, -0.05) is 35.3 Å². The van der Waals surface area contributed by atoms with Crippen molar-refractivity contribution in [1.82, 2.24) is 0 Å². The Morgan fingerprint density at radius 1 is 1.19 bits per heavy atom. The highest BCUT2D eigenvalue weighted by molar-refractivity contribution is 6.32. The van der Waals surface area contributed by atoms with Gasteiger partial charge in [-0.2, -0.15) is 0 Å². The van der Waals surface area contributed by atoms with E-state index in [1.807, 2.05) is 0 Å². The van der Waals surface area contributed by atoms with Crippen molar-refractivity contribution in [2.75, 3.05) is 11.9 Å². The largest absolute Gasteiger partial charge is 0.481 e. The minimum atomic E-state index is -0.381. The molecule has 0 aliphatic heterocycles. The summed E-state index contributed by atoms with van der Waals surface area (Å²) in [6.45, 7) is -0.267. The maximum atomic E-state index is 11.8. The molecule has 0 bridgehead atoms. The maximum absolute atomic E-state index is 11.8. The van der Waals surface area contributed by atoms with E-state index >= 15 is 0 Å². The standard InChI is InChI=1S/C15H11Cl2NO3/c16-11-4-2-5-12(7-11)18-14(20)9-21-15-10(8-19)3-1-6-13(15)17/h1-8H,9H2,(H,18,20). The van der Waals surface area contributed by atoms with Gasteiger partial charge in [0.15, 0.2) is 12.9 Å². The Kier molecular flexibility index (Phi) is 5.20. The van der Waals surface area contributed by atoms with E-state index in [4.69, 9.17) is 27.9 Å². The highest BCUT2D eigenvalue weighted by Crippen LogP contribution is 2.27. The zero-order valence-electron chi connectivity index (χ0n) is 10.8. The van der Waals surface area contributed by atoms with Crippen LogP contribution in [0.3, 0.4) is 0 Å². The Morgan fingerprint density at radius 3 is 2.67 bits per heavy atom. The lowest BCUT2D eigenvalue weighted by Crippen LogP contribution is -2.20. The van der Waals surface area contributed by atoms with Crippen molar-refractivity contribution in [2.24, 2.45) is 0 Å². The number of amides is 1. The van der Waals surface area contributed by atoms with Gasteiger partial charge >= 0.3 is 0 Å². The van der Waals surface area contributed by atoms with Crippen molar-refractivity contribution in [1.29, 1.82) is 0 Å². The van der Waals surface area contributed by atoms with E-state index in [1.165, 1.54) is 0 Å². The second-order valence-corrected chi connectivity index (χ2v) is 4.97. The number of benzene rings is 2. The van der Waals surface area contributed by atoms with E-state index in [0.717, 1.165) is 0 Å². The SMILES string of the molecule is O=Cc1cccc(Cl)c1OCC(=O)Nc1cccc(Cl)c1. The first-order chi connectivity index (χ1) is 10.1. The molecule has 2 aromatic carbocycles. The average molecular weight is 324 g/mol. The fourth-order valence-corrected chi connectivity index (χ4v) is 2.10. The molecule has 0 aliphatic carbocycles. The Labute approximate surface area is 131 Å². The normalized spacial score (nSPS) is 10.0. The summed E-state index contributed by atoms with van der Waals surface area (Å²) in [5.74, 6) is -0.190. The molecular formula is C15H11Cl2NO3. The van der Waals surface area contributed by atoms with Crippen LogP contribution < -0.4 is 10.1 Å².